The van der Waals surface area contributed by atoms with E-state index in [0.29, 0.717) is 12.3 Å². The Hall–Kier alpha value is -0.210. The molecule has 0 aromatic carbocycles. The molecule has 0 saturated carbocycles. The quantitative estimate of drug-likeness (QED) is 0.333. The molecule has 1 rings (SSSR count). The van der Waals surface area contributed by atoms with Gasteiger partial charge in [0.2, 0.25) is 0 Å². The molecule has 0 radical (unpaired) electrons. The van der Waals surface area contributed by atoms with Crippen molar-refractivity contribution < 1.29 is 9.36 Å². The van der Waals surface area contributed by atoms with Crippen molar-refractivity contribution in [3.8, 4) is 6.07 Å². The minimum Gasteiger partial charge on any atom is -0.495 e. The molecule has 1 heterocycles. The summed E-state index contributed by atoms with van der Waals surface area (Å²) in [6, 6.07) is 2.12. The maximum absolute atomic E-state index is 9.11. The number of hydroxylamine groups is 1. The predicted octanol–water partition coefficient (Wildman–Crippen LogP) is 3.92. The van der Waals surface area contributed by atoms with Crippen LogP contribution in [0.1, 0.15) is 39.5 Å². The molecule has 4 nitrogen and oxygen atoms in total. The summed E-state index contributed by atoms with van der Waals surface area (Å²) in [5.74, 6) is 2.98. The minimum absolute atomic E-state index is 0.177. The molecule has 1 atom stereocenters. The Labute approximate surface area is 123 Å². The van der Waals surface area contributed by atoms with Gasteiger partial charge in [0.05, 0.1) is 6.61 Å². The number of ether oxygens (including phenoxy) is 1. The molecule has 0 spiro atoms. The molecule has 0 aromatic rings. The summed E-state index contributed by atoms with van der Waals surface area (Å²) in [6.07, 6.45) is 4.14. The zero-order chi connectivity index (χ0) is 13.9. The summed E-state index contributed by atoms with van der Waals surface area (Å²) in [5, 5.41) is 9.11. The molecule has 19 heavy (non-hydrogen) atoms. The Morgan fingerprint density at radius 3 is 3.00 bits per heavy atom. The maximum Gasteiger partial charge on any atom is 0.176 e. The second-order valence-electron chi connectivity index (χ2n) is 3.92. The first kappa shape index (κ1) is 16.8. The van der Waals surface area contributed by atoms with Gasteiger partial charge in [0, 0.05) is 17.9 Å². The molecular weight excluding hydrogens is 299 g/mol. The molecule has 1 aliphatic rings. The fraction of sp³-hybridized carbons (Fsp3) is 0.750. The summed E-state index contributed by atoms with van der Waals surface area (Å²) < 4.78 is 10.9. The van der Waals surface area contributed by atoms with Crippen LogP contribution in [0.15, 0.2) is 11.5 Å². The number of hydrogen-bond donors (Lipinski definition) is 1. The van der Waals surface area contributed by atoms with E-state index in [-0.39, 0.29) is 9.11 Å². The largest absolute Gasteiger partial charge is 0.495 e. The topological polar surface area (TPSA) is 54.3 Å². The number of nitrogens with one attached hydrogen (secondary N) is 1. The van der Waals surface area contributed by atoms with E-state index in [1.54, 1.807) is 0 Å². The smallest absolute Gasteiger partial charge is 0.176 e. The van der Waals surface area contributed by atoms with Gasteiger partial charge in [0.25, 0.3) is 0 Å². The number of hydrogen-bond acceptors (Lipinski definition) is 5. The summed E-state index contributed by atoms with van der Waals surface area (Å²) in [7, 11) is 3.01. The van der Waals surface area contributed by atoms with Crippen LogP contribution in [0, 0.1) is 11.3 Å². The molecule has 0 amide bonds. The summed E-state index contributed by atoms with van der Waals surface area (Å²) in [5.41, 5.74) is 3.18. The summed E-state index contributed by atoms with van der Waals surface area (Å²) in [6.45, 7) is 5.04. The average molecular weight is 320 g/mol. The Bertz CT molecular complexity index is 372. The molecule has 0 aliphatic carbocycles. The van der Waals surface area contributed by atoms with Gasteiger partial charge in [0.1, 0.15) is 19.4 Å². The highest BCUT2D eigenvalue weighted by molar-refractivity contribution is 8.79. The van der Waals surface area contributed by atoms with Gasteiger partial charge in [0.15, 0.2) is 5.70 Å². The molecule has 1 fully saturated rings. The van der Waals surface area contributed by atoms with Gasteiger partial charge in [-0.15, -0.1) is 0 Å². The molecule has 0 aromatic heterocycles. The fourth-order valence-electron chi connectivity index (χ4n) is 1.44. The van der Waals surface area contributed by atoms with Gasteiger partial charge in [-0.25, -0.2) is 10.1 Å². The zero-order valence-corrected chi connectivity index (χ0v) is 14.0. The summed E-state index contributed by atoms with van der Waals surface area (Å²) in [4.78, 5) is 0. The van der Waals surface area contributed by atoms with E-state index in [0.717, 1.165) is 44.1 Å². The van der Waals surface area contributed by atoms with Gasteiger partial charge >= 0.3 is 0 Å². The van der Waals surface area contributed by atoms with Crippen LogP contribution in [0.5, 0.6) is 0 Å². The standard InChI is InChI=1S/C12H21N2O2PS2/c1-3-9-18-19(4-2)17-16-14-11(10-13)12-7-5-6-8-15-12/h14H,3-9H2,1-2H3. The van der Waals surface area contributed by atoms with Crippen molar-refractivity contribution in [3.63, 3.8) is 0 Å². The molecule has 1 aliphatic heterocycles. The highest BCUT2D eigenvalue weighted by atomic mass is 33.2. The second kappa shape index (κ2) is 10.6. The summed E-state index contributed by atoms with van der Waals surface area (Å²) >= 11 is 0. The molecule has 0 bridgehead atoms. The Morgan fingerprint density at radius 2 is 2.42 bits per heavy atom. The van der Waals surface area contributed by atoms with E-state index in [4.69, 9.17) is 14.6 Å². The predicted molar refractivity (Wildman–Crippen MR) is 84.2 cm³/mol. The van der Waals surface area contributed by atoms with Crippen LogP contribution in [0.3, 0.4) is 0 Å². The minimum atomic E-state index is 0.177. The van der Waals surface area contributed by atoms with Gasteiger partial charge in [-0.05, 0) is 19.3 Å². The Kier molecular flexibility index (Phi) is 9.36. The zero-order valence-electron chi connectivity index (χ0n) is 11.5. The van der Waals surface area contributed by atoms with Crippen LogP contribution in [0.2, 0.25) is 0 Å². The van der Waals surface area contributed by atoms with Crippen molar-refractivity contribution in [2.75, 3.05) is 18.1 Å². The lowest BCUT2D eigenvalue weighted by Crippen LogP contribution is -2.14. The van der Waals surface area contributed by atoms with Gasteiger partial charge < -0.3 is 4.74 Å². The molecule has 7 heteroatoms. The third-order valence-electron chi connectivity index (χ3n) is 2.40. The lowest BCUT2D eigenvalue weighted by molar-refractivity contribution is 0.154. The lowest BCUT2D eigenvalue weighted by Gasteiger charge is -2.17. The van der Waals surface area contributed by atoms with Crippen LogP contribution in [0.4, 0.5) is 0 Å². The van der Waals surface area contributed by atoms with Crippen LogP contribution < -0.4 is 5.48 Å². The van der Waals surface area contributed by atoms with Crippen LogP contribution in [0.25, 0.3) is 0 Å². The maximum atomic E-state index is 9.11. The number of nitrogens with zero attached hydrogens (tertiary/aromatic N) is 1. The van der Waals surface area contributed by atoms with Crippen molar-refractivity contribution in [3.05, 3.63) is 11.5 Å². The van der Waals surface area contributed by atoms with Crippen molar-refractivity contribution in [2.45, 2.75) is 39.5 Å². The first-order chi connectivity index (χ1) is 9.31. The van der Waals surface area contributed by atoms with Gasteiger partial charge in [-0.3, -0.25) is 0 Å². The van der Waals surface area contributed by atoms with E-state index in [2.05, 4.69) is 25.4 Å². The highest BCUT2D eigenvalue weighted by Crippen LogP contribution is 2.22. The average Bonchev–Trinajstić information content (AvgIpc) is 2.47. The third kappa shape index (κ3) is 6.67. The van der Waals surface area contributed by atoms with E-state index in [1.807, 2.05) is 10.8 Å². The molecular formula is C12H21N2O2PS2. The van der Waals surface area contributed by atoms with Gasteiger partial charge in [-0.1, -0.05) is 33.7 Å². The normalized spacial score (nSPS) is 19.4. The van der Waals surface area contributed by atoms with Crippen molar-refractivity contribution in [1.29, 1.82) is 5.26 Å². The third-order valence-corrected chi connectivity index (χ3v) is 9.09. The van der Waals surface area contributed by atoms with E-state index < -0.39 is 0 Å². The van der Waals surface area contributed by atoms with Crippen molar-refractivity contribution in [2.24, 2.45) is 0 Å². The van der Waals surface area contributed by atoms with Crippen molar-refractivity contribution >= 4 is 27.5 Å². The highest BCUT2D eigenvalue weighted by Gasteiger charge is 2.12. The molecule has 1 unspecified atom stereocenters. The van der Waals surface area contributed by atoms with Crippen LogP contribution in [-0.4, -0.2) is 18.1 Å². The second-order valence-corrected chi connectivity index (χ2v) is 10.5. The van der Waals surface area contributed by atoms with E-state index in [9.17, 15) is 0 Å². The number of allylic oxidation sites excluding steroid dienone is 2. The van der Waals surface area contributed by atoms with Crippen LogP contribution >= 0.6 is 18.4 Å². The van der Waals surface area contributed by atoms with Crippen molar-refractivity contribution in [1.82, 2.24) is 5.48 Å². The number of rotatable bonds is 7. The Balaban J connectivity index is 2.48. The molecule has 1 N–H and O–H groups in total. The SMILES string of the molecule is CCCSS(CC)=PONC(C#N)=C1CCCCO1. The van der Waals surface area contributed by atoms with Crippen LogP contribution in [-0.2, 0) is 18.5 Å². The van der Waals surface area contributed by atoms with E-state index in [1.165, 1.54) is 6.42 Å². The molecule has 108 valence electrons. The lowest BCUT2D eigenvalue weighted by atomic mass is 10.1. The fourth-order valence-corrected chi connectivity index (χ4v) is 6.04. The first-order valence-corrected chi connectivity index (χ1v) is 10.9. The monoisotopic (exact) mass is 320 g/mol. The van der Waals surface area contributed by atoms with E-state index >= 15 is 0 Å². The van der Waals surface area contributed by atoms with Gasteiger partial charge in [-0.2, -0.15) is 5.26 Å². The first-order valence-electron chi connectivity index (χ1n) is 6.55. The Morgan fingerprint density at radius 1 is 1.58 bits per heavy atom. The number of nitriles is 1. The molecule has 1 saturated heterocycles.